The molecule has 1 aromatic carbocycles. The molecule has 0 bridgehead atoms. The lowest BCUT2D eigenvalue weighted by molar-refractivity contribution is -0.171. The Kier molecular flexibility index (Phi) is 6.04. The number of ether oxygens (including phenoxy) is 1. The maximum Gasteiger partial charge on any atom is 0.187 e. The van der Waals surface area contributed by atoms with Gasteiger partial charge in [0.15, 0.2) is 11.6 Å². The Hall–Kier alpha value is -3.34. The average molecular weight is 482 g/mol. The Balaban J connectivity index is 1.43. The zero-order valence-corrected chi connectivity index (χ0v) is 18.8. The summed E-state index contributed by atoms with van der Waals surface area (Å²) in [6, 6.07) is 4.71. The van der Waals surface area contributed by atoms with E-state index in [9.17, 15) is 18.7 Å². The van der Waals surface area contributed by atoms with Crippen molar-refractivity contribution in [1.82, 2.24) is 15.0 Å². The number of carbonyl (C=O) groups excluding carboxylic acids is 1. The number of anilines is 1. The number of benzene rings is 1. The molecule has 1 aliphatic heterocycles. The minimum atomic E-state index is -1.03. The molecule has 0 amide bonds. The Morgan fingerprint density at radius 3 is 2.77 bits per heavy atom. The van der Waals surface area contributed by atoms with Crippen molar-refractivity contribution in [3.05, 3.63) is 71.3 Å². The van der Waals surface area contributed by atoms with E-state index in [4.69, 9.17) is 16.2 Å². The fraction of sp³-hybridized carbons (Fsp3) is 0.360. The second-order valence-electron chi connectivity index (χ2n) is 9.11. The molecule has 3 heterocycles. The van der Waals surface area contributed by atoms with Crippen LogP contribution in [0.3, 0.4) is 0 Å². The molecule has 1 saturated carbocycles. The number of aliphatic hydroxyl groups is 1. The third-order valence-corrected chi connectivity index (χ3v) is 6.95. The van der Waals surface area contributed by atoms with Crippen molar-refractivity contribution in [1.29, 1.82) is 0 Å². The topological polar surface area (TPSA) is 137 Å². The van der Waals surface area contributed by atoms with Crippen LogP contribution in [0.1, 0.15) is 53.4 Å². The first-order valence-electron chi connectivity index (χ1n) is 11.4. The van der Waals surface area contributed by atoms with E-state index in [0.717, 1.165) is 30.3 Å². The highest BCUT2D eigenvalue weighted by molar-refractivity contribution is 6.00. The molecule has 5 N–H and O–H groups in total. The fourth-order valence-corrected chi connectivity index (χ4v) is 5.08. The van der Waals surface area contributed by atoms with E-state index in [-0.39, 0.29) is 29.7 Å². The molecular formula is C25H25F2N5O3. The summed E-state index contributed by atoms with van der Waals surface area (Å²) in [7, 11) is 0. The SMILES string of the molecule is Nc1cnc(-c2c(F)cccc2F)nc1C(=O)Cc1cnccc1[C@@H]1C[C@H](N)[C@]2(O)CCC[C@@H]2O1. The fourth-order valence-electron chi connectivity index (χ4n) is 5.08. The number of Topliss-reactive ketones (excluding diaryl/α,β-unsaturated/α-hetero) is 1. The van der Waals surface area contributed by atoms with Gasteiger partial charge in [0, 0.05) is 24.9 Å². The van der Waals surface area contributed by atoms with Gasteiger partial charge in [-0.05, 0) is 55.0 Å². The molecule has 8 nitrogen and oxygen atoms in total. The van der Waals surface area contributed by atoms with Gasteiger partial charge in [-0.25, -0.2) is 18.7 Å². The Bertz CT molecular complexity index is 1270. The quantitative estimate of drug-likeness (QED) is 0.473. The number of aromatic nitrogens is 3. The van der Waals surface area contributed by atoms with Gasteiger partial charge in [0.25, 0.3) is 0 Å². The summed E-state index contributed by atoms with van der Waals surface area (Å²) in [6.07, 6.45) is 5.97. The lowest BCUT2D eigenvalue weighted by Gasteiger charge is -2.44. The Labute approximate surface area is 200 Å². The number of fused-ring (bicyclic) bond motifs is 1. The van der Waals surface area contributed by atoms with Crippen molar-refractivity contribution in [2.24, 2.45) is 5.73 Å². The maximum atomic E-state index is 14.2. The monoisotopic (exact) mass is 481 g/mol. The molecule has 0 unspecified atom stereocenters. The van der Waals surface area contributed by atoms with Crippen LogP contribution in [-0.4, -0.2) is 43.6 Å². The lowest BCUT2D eigenvalue weighted by atomic mass is 9.82. The minimum Gasteiger partial charge on any atom is -0.396 e. The van der Waals surface area contributed by atoms with E-state index >= 15 is 0 Å². The molecule has 3 aromatic rings. The lowest BCUT2D eigenvalue weighted by Crippen LogP contribution is -2.58. The number of carbonyl (C=O) groups is 1. The third-order valence-electron chi connectivity index (χ3n) is 6.95. The number of nitrogens with two attached hydrogens (primary N) is 2. The highest BCUT2D eigenvalue weighted by Gasteiger charge is 2.51. The van der Waals surface area contributed by atoms with Crippen LogP contribution in [0.15, 0.2) is 42.9 Å². The highest BCUT2D eigenvalue weighted by atomic mass is 19.1. The van der Waals surface area contributed by atoms with E-state index in [1.54, 1.807) is 18.5 Å². The van der Waals surface area contributed by atoms with Crippen molar-refractivity contribution in [3.8, 4) is 11.4 Å². The van der Waals surface area contributed by atoms with E-state index in [1.165, 1.54) is 6.07 Å². The Morgan fingerprint density at radius 2 is 2.00 bits per heavy atom. The normalized spacial score (nSPS) is 25.9. The zero-order valence-electron chi connectivity index (χ0n) is 18.8. The third kappa shape index (κ3) is 4.18. The largest absolute Gasteiger partial charge is 0.396 e. The van der Waals surface area contributed by atoms with Crippen LogP contribution in [-0.2, 0) is 11.2 Å². The number of hydrogen-bond donors (Lipinski definition) is 3. The van der Waals surface area contributed by atoms with Crippen molar-refractivity contribution in [2.75, 3.05) is 5.73 Å². The number of nitrogen functional groups attached to an aromatic ring is 1. The van der Waals surface area contributed by atoms with Gasteiger partial charge < -0.3 is 21.3 Å². The molecule has 4 atom stereocenters. The summed E-state index contributed by atoms with van der Waals surface area (Å²) in [5.41, 5.74) is 12.0. The van der Waals surface area contributed by atoms with Gasteiger partial charge in [-0.3, -0.25) is 9.78 Å². The molecule has 2 fully saturated rings. The molecule has 1 saturated heterocycles. The number of halogens is 2. The predicted octanol–water partition coefficient (Wildman–Crippen LogP) is 2.90. The molecule has 2 aliphatic rings. The second-order valence-corrected chi connectivity index (χ2v) is 9.11. The molecule has 10 heteroatoms. The molecule has 2 aromatic heterocycles. The van der Waals surface area contributed by atoms with Gasteiger partial charge in [-0.1, -0.05) is 6.07 Å². The van der Waals surface area contributed by atoms with E-state index in [1.807, 2.05) is 0 Å². The first kappa shape index (κ1) is 23.4. The summed E-state index contributed by atoms with van der Waals surface area (Å²) in [6.45, 7) is 0. The molecule has 5 rings (SSSR count). The minimum absolute atomic E-state index is 0.00658. The Morgan fingerprint density at radius 1 is 1.23 bits per heavy atom. The van der Waals surface area contributed by atoms with Crippen LogP contribution in [0.25, 0.3) is 11.4 Å². The van der Waals surface area contributed by atoms with Crippen LogP contribution in [0.5, 0.6) is 0 Å². The van der Waals surface area contributed by atoms with Crippen molar-refractivity contribution < 1.29 is 23.4 Å². The maximum absolute atomic E-state index is 14.2. The predicted molar refractivity (Wildman–Crippen MR) is 123 cm³/mol. The number of nitrogens with zero attached hydrogens (tertiary/aromatic N) is 3. The molecule has 0 spiro atoms. The summed E-state index contributed by atoms with van der Waals surface area (Å²) in [5.74, 6) is -2.43. The number of hydrogen-bond acceptors (Lipinski definition) is 8. The van der Waals surface area contributed by atoms with Crippen LogP contribution >= 0.6 is 0 Å². The van der Waals surface area contributed by atoms with Gasteiger partial charge in [-0.15, -0.1) is 0 Å². The molecule has 182 valence electrons. The number of pyridine rings is 1. The summed E-state index contributed by atoms with van der Waals surface area (Å²) in [5, 5.41) is 10.9. The molecule has 0 radical (unpaired) electrons. The van der Waals surface area contributed by atoms with Gasteiger partial charge in [0.05, 0.1) is 29.7 Å². The number of rotatable bonds is 5. The van der Waals surface area contributed by atoms with E-state index in [2.05, 4.69) is 15.0 Å². The number of ketones is 1. The van der Waals surface area contributed by atoms with Gasteiger partial charge in [0.1, 0.15) is 22.9 Å². The standard InChI is InChI=1S/C25H25F2N5O3/c26-15-3-1-4-16(27)22(15)24-31-12-17(28)23(32-24)18(33)9-13-11-30-8-6-14(13)19-10-20(29)25(34)7-2-5-21(25)35-19/h1,3-4,6,8,11-12,19-21,34H,2,5,7,9-10,28-29H2/t19-,20-,21-,25+/m0/s1. The average Bonchev–Trinajstić information content (AvgIpc) is 3.22. The zero-order chi connectivity index (χ0) is 24.7. The van der Waals surface area contributed by atoms with E-state index < -0.39 is 40.7 Å². The second kappa shape index (κ2) is 9.03. The summed E-state index contributed by atoms with van der Waals surface area (Å²) in [4.78, 5) is 25.4. The van der Waals surface area contributed by atoms with Crippen LogP contribution in [0.4, 0.5) is 14.5 Å². The first-order valence-corrected chi connectivity index (χ1v) is 11.4. The van der Waals surface area contributed by atoms with Gasteiger partial charge >= 0.3 is 0 Å². The van der Waals surface area contributed by atoms with E-state index in [0.29, 0.717) is 24.8 Å². The molecule has 1 aliphatic carbocycles. The highest BCUT2D eigenvalue weighted by Crippen LogP contribution is 2.45. The summed E-state index contributed by atoms with van der Waals surface area (Å²) >= 11 is 0. The van der Waals surface area contributed by atoms with Crippen molar-refractivity contribution >= 4 is 11.5 Å². The van der Waals surface area contributed by atoms with Gasteiger partial charge in [-0.2, -0.15) is 0 Å². The molecule has 35 heavy (non-hydrogen) atoms. The summed E-state index contributed by atoms with van der Waals surface area (Å²) < 4.78 is 34.7. The first-order chi connectivity index (χ1) is 16.8. The van der Waals surface area contributed by atoms with Gasteiger partial charge in [0.2, 0.25) is 0 Å². The van der Waals surface area contributed by atoms with Crippen LogP contribution in [0, 0.1) is 11.6 Å². The van der Waals surface area contributed by atoms with Crippen molar-refractivity contribution in [2.45, 2.75) is 56.0 Å². The molecular weight excluding hydrogens is 456 g/mol. The van der Waals surface area contributed by atoms with Crippen LogP contribution < -0.4 is 11.5 Å². The smallest absolute Gasteiger partial charge is 0.187 e. The van der Waals surface area contributed by atoms with Crippen molar-refractivity contribution in [3.63, 3.8) is 0 Å². The van der Waals surface area contributed by atoms with Crippen LogP contribution in [0.2, 0.25) is 0 Å².